The van der Waals surface area contributed by atoms with Crippen LogP contribution in [0, 0.1) is 0 Å². The van der Waals surface area contributed by atoms with Crippen molar-refractivity contribution < 1.29 is 0 Å². The van der Waals surface area contributed by atoms with Gasteiger partial charge in [0.15, 0.2) is 0 Å². The number of hydrogen-bond acceptors (Lipinski definition) is 2. The molecule has 0 amide bonds. The summed E-state index contributed by atoms with van der Waals surface area (Å²) in [5.74, 6) is 0. The molecule has 0 radical (unpaired) electrons. The lowest BCUT2D eigenvalue weighted by atomic mass is 10.1. The van der Waals surface area contributed by atoms with E-state index < -0.39 is 0 Å². The highest BCUT2D eigenvalue weighted by molar-refractivity contribution is 9.10. The number of rotatable bonds is 4. The minimum Gasteiger partial charge on any atom is -0.305 e. The fourth-order valence-electron chi connectivity index (χ4n) is 1.74. The third-order valence-electron chi connectivity index (χ3n) is 2.73. The molecule has 1 aromatic carbocycles. The lowest BCUT2D eigenvalue weighted by Crippen LogP contribution is -2.19. The molecule has 2 rings (SSSR count). The first-order valence-corrected chi connectivity index (χ1v) is 6.93. The molecular weight excluding hydrogens is 312 g/mol. The van der Waals surface area contributed by atoms with E-state index in [2.05, 4.69) is 33.2 Å². The van der Waals surface area contributed by atoms with Gasteiger partial charge in [-0.2, -0.15) is 0 Å². The first-order chi connectivity index (χ1) is 8.66. The van der Waals surface area contributed by atoms with Crippen molar-refractivity contribution >= 4 is 27.5 Å². The van der Waals surface area contributed by atoms with Crippen LogP contribution in [0.4, 0.5) is 0 Å². The fraction of sp³-hybridized carbons (Fsp3) is 0.214. The number of halogens is 2. The van der Waals surface area contributed by atoms with Crippen LogP contribution in [-0.2, 0) is 6.54 Å². The van der Waals surface area contributed by atoms with Crippen molar-refractivity contribution in [2.75, 3.05) is 0 Å². The number of aromatic nitrogens is 1. The number of benzene rings is 1. The first kappa shape index (κ1) is 13.5. The molecule has 1 atom stereocenters. The highest BCUT2D eigenvalue weighted by Crippen LogP contribution is 2.22. The van der Waals surface area contributed by atoms with E-state index in [1.54, 1.807) is 0 Å². The lowest BCUT2D eigenvalue weighted by Gasteiger charge is -2.15. The van der Waals surface area contributed by atoms with Gasteiger partial charge in [-0.25, -0.2) is 4.98 Å². The Hall–Kier alpha value is -0.900. The van der Waals surface area contributed by atoms with E-state index >= 15 is 0 Å². The maximum atomic E-state index is 6.16. The Bertz CT molecular complexity index is 531. The minimum atomic E-state index is 0.194. The van der Waals surface area contributed by atoms with Crippen LogP contribution in [0.3, 0.4) is 0 Å². The second-order valence-electron chi connectivity index (χ2n) is 4.08. The highest BCUT2D eigenvalue weighted by atomic mass is 79.9. The summed E-state index contributed by atoms with van der Waals surface area (Å²) in [6, 6.07) is 14.0. The van der Waals surface area contributed by atoms with E-state index in [-0.39, 0.29) is 6.04 Å². The van der Waals surface area contributed by atoms with E-state index in [4.69, 9.17) is 11.6 Å². The average molecular weight is 326 g/mol. The van der Waals surface area contributed by atoms with Crippen LogP contribution in [0.1, 0.15) is 24.2 Å². The van der Waals surface area contributed by atoms with E-state index in [1.807, 2.05) is 42.5 Å². The third kappa shape index (κ3) is 3.55. The topological polar surface area (TPSA) is 24.9 Å². The van der Waals surface area contributed by atoms with Crippen LogP contribution >= 0.6 is 27.5 Å². The molecule has 0 spiro atoms. The summed E-state index contributed by atoms with van der Waals surface area (Å²) in [4.78, 5) is 4.38. The van der Waals surface area contributed by atoms with E-state index in [1.165, 1.54) is 0 Å². The minimum absolute atomic E-state index is 0.194. The Morgan fingerprint density at radius 1 is 1.22 bits per heavy atom. The fourth-order valence-corrected chi connectivity index (χ4v) is 2.42. The van der Waals surface area contributed by atoms with Crippen molar-refractivity contribution in [2.45, 2.75) is 19.5 Å². The van der Waals surface area contributed by atoms with E-state index in [0.717, 1.165) is 20.9 Å². The summed E-state index contributed by atoms with van der Waals surface area (Å²) in [5, 5.41) is 4.21. The molecule has 0 aliphatic heterocycles. The van der Waals surface area contributed by atoms with Crippen molar-refractivity contribution in [3.05, 3.63) is 63.3 Å². The molecule has 0 saturated carbocycles. The summed E-state index contributed by atoms with van der Waals surface area (Å²) in [5.41, 5.74) is 2.11. The van der Waals surface area contributed by atoms with Crippen molar-refractivity contribution in [1.29, 1.82) is 0 Å². The first-order valence-electron chi connectivity index (χ1n) is 5.76. The number of nitrogens with one attached hydrogen (secondary N) is 1. The average Bonchev–Trinajstić information content (AvgIpc) is 2.37. The SMILES string of the molecule is C[C@@H](NCc1cccc(Br)n1)c1ccccc1Cl. The van der Waals surface area contributed by atoms with Crippen LogP contribution in [0.2, 0.25) is 5.02 Å². The van der Waals surface area contributed by atoms with Gasteiger partial charge in [-0.3, -0.25) is 0 Å². The molecule has 0 unspecified atom stereocenters. The van der Waals surface area contributed by atoms with E-state index in [0.29, 0.717) is 6.54 Å². The number of nitrogens with zero attached hydrogens (tertiary/aromatic N) is 1. The van der Waals surface area contributed by atoms with Gasteiger partial charge < -0.3 is 5.32 Å². The van der Waals surface area contributed by atoms with Gasteiger partial charge in [0.1, 0.15) is 4.60 Å². The molecular formula is C14H14BrClN2. The van der Waals surface area contributed by atoms with Crippen LogP contribution in [0.5, 0.6) is 0 Å². The summed E-state index contributed by atoms with van der Waals surface area (Å²) < 4.78 is 0.854. The van der Waals surface area contributed by atoms with E-state index in [9.17, 15) is 0 Å². The molecule has 1 heterocycles. The summed E-state index contributed by atoms with van der Waals surface area (Å²) in [6.07, 6.45) is 0. The highest BCUT2D eigenvalue weighted by Gasteiger charge is 2.08. The predicted molar refractivity (Wildman–Crippen MR) is 78.6 cm³/mol. The molecule has 4 heteroatoms. The van der Waals surface area contributed by atoms with Crippen LogP contribution in [0.25, 0.3) is 0 Å². The van der Waals surface area contributed by atoms with Gasteiger partial charge >= 0.3 is 0 Å². The Morgan fingerprint density at radius 2 is 2.00 bits per heavy atom. The van der Waals surface area contributed by atoms with Crippen molar-refractivity contribution in [3.63, 3.8) is 0 Å². The predicted octanol–water partition coefficient (Wildman–Crippen LogP) is 4.35. The third-order valence-corrected chi connectivity index (χ3v) is 3.52. The van der Waals surface area contributed by atoms with Crippen molar-refractivity contribution in [3.8, 4) is 0 Å². The number of hydrogen-bond donors (Lipinski definition) is 1. The van der Waals surface area contributed by atoms with Crippen molar-refractivity contribution in [1.82, 2.24) is 10.3 Å². The summed E-state index contributed by atoms with van der Waals surface area (Å²) in [7, 11) is 0. The molecule has 0 aliphatic carbocycles. The van der Waals surface area contributed by atoms with Crippen LogP contribution in [-0.4, -0.2) is 4.98 Å². The maximum absolute atomic E-state index is 6.16. The zero-order chi connectivity index (χ0) is 13.0. The van der Waals surface area contributed by atoms with Crippen molar-refractivity contribution in [2.24, 2.45) is 0 Å². The molecule has 18 heavy (non-hydrogen) atoms. The zero-order valence-electron chi connectivity index (χ0n) is 10.0. The standard InChI is InChI=1S/C14H14BrClN2/c1-10(12-6-2-3-7-13(12)16)17-9-11-5-4-8-14(15)18-11/h2-8,10,17H,9H2,1H3/t10-/m1/s1. The Morgan fingerprint density at radius 3 is 2.72 bits per heavy atom. The Balaban J connectivity index is 2.00. The quantitative estimate of drug-likeness (QED) is 0.845. The molecule has 0 fully saturated rings. The van der Waals surface area contributed by atoms with Gasteiger partial charge in [0.2, 0.25) is 0 Å². The smallest absolute Gasteiger partial charge is 0.106 e. The molecule has 1 N–H and O–H groups in total. The van der Waals surface area contributed by atoms with Crippen LogP contribution in [0.15, 0.2) is 47.1 Å². The second kappa shape index (κ2) is 6.32. The normalized spacial score (nSPS) is 12.4. The Kier molecular flexibility index (Phi) is 4.75. The van der Waals surface area contributed by atoms with Gasteiger partial charge in [-0.05, 0) is 46.6 Å². The molecule has 0 saturated heterocycles. The van der Waals surface area contributed by atoms with Gasteiger partial charge in [0.25, 0.3) is 0 Å². The largest absolute Gasteiger partial charge is 0.305 e. The Labute approximate surface area is 121 Å². The molecule has 0 aliphatic rings. The van der Waals surface area contributed by atoms with Gasteiger partial charge in [-0.15, -0.1) is 0 Å². The molecule has 94 valence electrons. The second-order valence-corrected chi connectivity index (χ2v) is 5.30. The number of pyridine rings is 1. The lowest BCUT2D eigenvalue weighted by molar-refractivity contribution is 0.567. The molecule has 2 nitrogen and oxygen atoms in total. The molecule has 1 aromatic heterocycles. The monoisotopic (exact) mass is 324 g/mol. The van der Waals surface area contributed by atoms with Crippen LogP contribution < -0.4 is 5.32 Å². The van der Waals surface area contributed by atoms with Gasteiger partial charge in [0, 0.05) is 17.6 Å². The van der Waals surface area contributed by atoms with Gasteiger partial charge in [-0.1, -0.05) is 35.9 Å². The molecule has 2 aromatic rings. The molecule has 0 bridgehead atoms. The summed E-state index contributed by atoms with van der Waals surface area (Å²) in [6.45, 7) is 2.81. The van der Waals surface area contributed by atoms with Gasteiger partial charge in [0.05, 0.1) is 5.69 Å². The summed E-state index contributed by atoms with van der Waals surface area (Å²) >= 11 is 9.53. The zero-order valence-corrected chi connectivity index (χ0v) is 12.4. The maximum Gasteiger partial charge on any atom is 0.106 e.